The summed E-state index contributed by atoms with van der Waals surface area (Å²) in [6, 6.07) is 0. The van der Waals surface area contributed by atoms with Crippen LogP contribution in [0.25, 0.3) is 6.15 Å². The molecule has 4 nitrogen and oxygen atoms in total. The Hall–Kier alpha value is 0.400. The predicted octanol–water partition coefficient (Wildman–Crippen LogP) is 1.11. The van der Waals surface area contributed by atoms with E-state index in [4.69, 9.17) is 13.0 Å². The van der Waals surface area contributed by atoms with E-state index in [0.717, 1.165) is 0 Å². The third-order valence-corrected chi connectivity index (χ3v) is 0.877. The minimum atomic E-state index is -5.84. The SMILES string of the molecule is O=S(=O)(O)C(F)(F)F.[Ag+].[NH2-]. The van der Waals surface area contributed by atoms with Crippen molar-refractivity contribution in [2.75, 3.05) is 0 Å². The summed E-state index contributed by atoms with van der Waals surface area (Å²) in [6.45, 7) is 0. The second kappa shape index (κ2) is 4.31. The van der Waals surface area contributed by atoms with Gasteiger partial charge in [-0.15, -0.1) is 0 Å². The molecule has 9 heteroatoms. The van der Waals surface area contributed by atoms with Gasteiger partial charge in [0.1, 0.15) is 0 Å². The summed E-state index contributed by atoms with van der Waals surface area (Å²) in [5, 5.41) is 0. The molecule has 0 saturated heterocycles. The molecule has 0 rings (SSSR count). The van der Waals surface area contributed by atoms with Crippen molar-refractivity contribution in [1.29, 1.82) is 0 Å². The van der Waals surface area contributed by atoms with Crippen LogP contribution in [0.15, 0.2) is 0 Å². The molecular formula is CH3AgF3NO3S. The smallest absolute Gasteiger partial charge is 0.693 e. The summed E-state index contributed by atoms with van der Waals surface area (Å²) in [6.07, 6.45) is 0. The van der Waals surface area contributed by atoms with Crippen molar-refractivity contribution < 1.29 is 48.5 Å². The van der Waals surface area contributed by atoms with Crippen LogP contribution in [0.2, 0.25) is 0 Å². The molecule has 0 bridgehead atoms. The summed E-state index contributed by atoms with van der Waals surface area (Å²) < 4.78 is 57.5. The van der Waals surface area contributed by atoms with E-state index in [1.807, 2.05) is 0 Å². The standard InChI is InChI=1S/CHF3O3S.Ag.H2N/c2-1(3,4)8(5,6)7;;/h(H,5,6,7);;1H2/q;+1;-1. The van der Waals surface area contributed by atoms with Gasteiger partial charge in [-0.2, -0.15) is 21.6 Å². The van der Waals surface area contributed by atoms with Crippen LogP contribution in [0, 0.1) is 0 Å². The fourth-order valence-electron chi connectivity index (χ4n) is 0. The predicted molar refractivity (Wildman–Crippen MR) is 22.9 cm³/mol. The molecule has 0 amide bonds. The summed E-state index contributed by atoms with van der Waals surface area (Å²) in [5.41, 5.74) is -5.53. The topological polar surface area (TPSA) is 87.9 Å². The summed E-state index contributed by atoms with van der Waals surface area (Å²) in [5.74, 6) is 0. The van der Waals surface area contributed by atoms with Crippen LogP contribution in [-0.4, -0.2) is 18.5 Å². The largest absolute Gasteiger partial charge is 1.00 e. The number of nitrogens with two attached hydrogens (primary N) is 1. The molecule has 0 radical (unpaired) electrons. The Bertz CT molecular complexity index is 173. The quantitative estimate of drug-likeness (QED) is 0.407. The first-order chi connectivity index (χ1) is 3.25. The average Bonchev–Trinajstić information content (AvgIpc) is 1.25. The second-order valence-corrected chi connectivity index (χ2v) is 2.33. The molecule has 0 saturated carbocycles. The monoisotopic (exact) mass is 273 g/mol. The molecule has 3 N–H and O–H groups in total. The first-order valence-corrected chi connectivity index (χ1v) is 2.73. The van der Waals surface area contributed by atoms with Crippen molar-refractivity contribution >= 4 is 10.1 Å². The van der Waals surface area contributed by atoms with E-state index >= 15 is 0 Å². The van der Waals surface area contributed by atoms with Gasteiger partial charge in [0.05, 0.1) is 0 Å². The third kappa shape index (κ3) is 5.21. The van der Waals surface area contributed by atoms with Crippen LogP contribution in [-0.2, 0) is 32.5 Å². The average molecular weight is 274 g/mol. The van der Waals surface area contributed by atoms with Gasteiger partial charge in [0.15, 0.2) is 0 Å². The maximum Gasteiger partial charge on any atom is 1.00 e. The molecule has 0 aliphatic carbocycles. The van der Waals surface area contributed by atoms with Gasteiger partial charge in [0.25, 0.3) is 0 Å². The van der Waals surface area contributed by atoms with Gasteiger partial charge >= 0.3 is 38.0 Å². The van der Waals surface area contributed by atoms with E-state index in [9.17, 15) is 13.2 Å². The van der Waals surface area contributed by atoms with Crippen LogP contribution >= 0.6 is 0 Å². The van der Waals surface area contributed by atoms with Gasteiger partial charge < -0.3 is 6.15 Å². The third-order valence-electron chi connectivity index (χ3n) is 0.292. The van der Waals surface area contributed by atoms with Gasteiger partial charge in [-0.3, -0.25) is 4.55 Å². The minimum absolute atomic E-state index is 0. The molecule has 0 aromatic carbocycles. The van der Waals surface area contributed by atoms with Gasteiger partial charge in [-0.05, 0) is 0 Å². The Labute approximate surface area is 70.6 Å². The van der Waals surface area contributed by atoms with Crippen LogP contribution in [0.1, 0.15) is 0 Å². The molecule has 0 spiro atoms. The first kappa shape index (κ1) is 16.8. The molecule has 0 heterocycles. The summed E-state index contributed by atoms with van der Waals surface area (Å²) in [4.78, 5) is 0. The molecule has 0 unspecified atom stereocenters. The Morgan fingerprint density at radius 1 is 1.20 bits per heavy atom. The first-order valence-electron chi connectivity index (χ1n) is 1.29. The van der Waals surface area contributed by atoms with E-state index in [0.29, 0.717) is 0 Å². The van der Waals surface area contributed by atoms with Crippen LogP contribution in [0.4, 0.5) is 13.2 Å². The number of rotatable bonds is 0. The van der Waals surface area contributed by atoms with E-state index in [2.05, 4.69) is 0 Å². The van der Waals surface area contributed by atoms with Gasteiger partial charge in [-0.1, -0.05) is 0 Å². The van der Waals surface area contributed by atoms with E-state index < -0.39 is 15.6 Å². The molecule has 0 atom stereocenters. The number of alkyl halides is 3. The number of hydrogen-bond acceptors (Lipinski definition) is 2. The van der Waals surface area contributed by atoms with Crippen molar-refractivity contribution in [2.45, 2.75) is 5.51 Å². The van der Waals surface area contributed by atoms with E-state index in [-0.39, 0.29) is 28.5 Å². The maximum absolute atomic E-state index is 10.7. The van der Waals surface area contributed by atoms with Crippen molar-refractivity contribution in [3.63, 3.8) is 0 Å². The fourth-order valence-corrected chi connectivity index (χ4v) is 0. The molecule has 0 aliphatic heterocycles. The molecular weight excluding hydrogens is 271 g/mol. The van der Waals surface area contributed by atoms with Crippen molar-refractivity contribution in [3.8, 4) is 0 Å². The van der Waals surface area contributed by atoms with Gasteiger partial charge in [0, 0.05) is 0 Å². The zero-order valence-corrected chi connectivity index (χ0v) is 6.48. The van der Waals surface area contributed by atoms with Crippen LogP contribution < -0.4 is 0 Å². The Balaban J connectivity index is -0.000000245. The molecule has 0 fully saturated rings. The van der Waals surface area contributed by atoms with Gasteiger partial charge in [0.2, 0.25) is 0 Å². The van der Waals surface area contributed by atoms with Gasteiger partial charge in [-0.25, -0.2) is 0 Å². The van der Waals surface area contributed by atoms with Crippen molar-refractivity contribution in [3.05, 3.63) is 6.15 Å². The molecule has 0 aromatic rings. The van der Waals surface area contributed by atoms with E-state index in [1.54, 1.807) is 0 Å². The Morgan fingerprint density at radius 3 is 1.30 bits per heavy atom. The van der Waals surface area contributed by atoms with Crippen molar-refractivity contribution in [1.82, 2.24) is 0 Å². The fraction of sp³-hybridized carbons (Fsp3) is 1.00. The number of hydrogen-bond donors (Lipinski definition) is 1. The van der Waals surface area contributed by atoms with E-state index in [1.165, 1.54) is 0 Å². The normalized spacial score (nSPS) is 11.2. The van der Waals surface area contributed by atoms with Crippen LogP contribution in [0.5, 0.6) is 0 Å². The minimum Gasteiger partial charge on any atom is -0.693 e. The maximum atomic E-state index is 10.7. The molecule has 0 aromatic heterocycles. The molecule has 10 heavy (non-hydrogen) atoms. The molecule has 0 aliphatic rings. The zero-order valence-electron chi connectivity index (χ0n) is 4.18. The summed E-state index contributed by atoms with van der Waals surface area (Å²) >= 11 is 0. The van der Waals surface area contributed by atoms with Crippen molar-refractivity contribution in [2.24, 2.45) is 0 Å². The molecule has 68 valence electrons. The Kier molecular flexibility index (Phi) is 7.24. The van der Waals surface area contributed by atoms with Crippen LogP contribution in [0.3, 0.4) is 0 Å². The summed E-state index contributed by atoms with van der Waals surface area (Å²) in [7, 11) is -5.84. The zero-order chi connectivity index (χ0) is 7.00. The Morgan fingerprint density at radius 2 is 1.30 bits per heavy atom. The second-order valence-electron chi connectivity index (χ2n) is 0.921. The number of halogens is 3.